The van der Waals surface area contributed by atoms with E-state index in [0.717, 1.165) is 36.3 Å². The lowest BCUT2D eigenvalue weighted by Gasteiger charge is -2.33. The fourth-order valence-electron chi connectivity index (χ4n) is 3.37. The van der Waals surface area contributed by atoms with E-state index in [9.17, 15) is 13.2 Å². The van der Waals surface area contributed by atoms with Crippen LogP contribution >= 0.6 is 11.6 Å². The Morgan fingerprint density at radius 3 is 2.48 bits per heavy atom. The molecule has 1 N–H and O–H groups in total. The summed E-state index contributed by atoms with van der Waals surface area (Å²) in [4.78, 5) is 21.4. The van der Waals surface area contributed by atoms with Crippen molar-refractivity contribution in [2.24, 2.45) is 0 Å². The van der Waals surface area contributed by atoms with E-state index in [2.05, 4.69) is 25.3 Å². The van der Waals surface area contributed by atoms with Crippen molar-refractivity contribution in [1.82, 2.24) is 24.2 Å². The first-order valence-electron chi connectivity index (χ1n) is 10.9. The van der Waals surface area contributed by atoms with Gasteiger partial charge < -0.3 is 14.7 Å². The molecule has 0 radical (unpaired) electrons. The van der Waals surface area contributed by atoms with Crippen LogP contribution in [-0.4, -0.2) is 85.4 Å². The molecule has 2 aromatic rings. The number of hydrogen-bond donors (Lipinski definition) is 1. The zero-order valence-electron chi connectivity index (χ0n) is 19.4. The largest absolute Gasteiger partial charge is 0.338 e. The molecule has 0 spiro atoms. The Kier molecular flexibility index (Phi) is 8.46. The molecule has 1 aromatic heterocycles. The molecular formula is C21H31ClN6O4S. The minimum atomic E-state index is -3.62. The molecule has 182 valence electrons. The zero-order valence-corrected chi connectivity index (χ0v) is 21.0. The Hall–Kier alpha value is -2.05. The standard InChI is InChI=1S/C21H31ClN6O4S/c1-15(2)21-24-20(32-25-21)14-28-11-9-27(10-12-28)8-7-19(29)23-18-13-16(5-6-17(18)22)33(30,31)26(3)4/h5-6,13,15H,7-12,14H2,1-4H3,(H,23,29). The Bertz CT molecular complexity index is 1060. The molecule has 2 heterocycles. The normalized spacial score (nSPS) is 16.0. The van der Waals surface area contributed by atoms with Gasteiger partial charge in [-0.25, -0.2) is 12.7 Å². The zero-order chi connectivity index (χ0) is 24.2. The number of halogens is 1. The van der Waals surface area contributed by atoms with Gasteiger partial charge in [-0.15, -0.1) is 0 Å². The summed E-state index contributed by atoms with van der Waals surface area (Å²) >= 11 is 6.16. The van der Waals surface area contributed by atoms with Crippen LogP contribution in [0.1, 0.15) is 37.9 Å². The van der Waals surface area contributed by atoms with Gasteiger partial charge in [-0.1, -0.05) is 30.6 Å². The van der Waals surface area contributed by atoms with Crippen molar-refractivity contribution >= 4 is 33.2 Å². The van der Waals surface area contributed by atoms with Gasteiger partial charge in [0.1, 0.15) is 0 Å². The second-order valence-corrected chi connectivity index (χ2v) is 11.1. The summed E-state index contributed by atoms with van der Waals surface area (Å²) in [6, 6.07) is 4.28. The summed E-state index contributed by atoms with van der Waals surface area (Å²) < 4.78 is 31.1. The highest BCUT2D eigenvalue weighted by molar-refractivity contribution is 7.89. The van der Waals surface area contributed by atoms with Crippen LogP contribution < -0.4 is 5.32 Å². The third kappa shape index (κ3) is 6.73. The monoisotopic (exact) mass is 498 g/mol. The molecule has 12 heteroatoms. The summed E-state index contributed by atoms with van der Waals surface area (Å²) in [7, 11) is -0.714. The molecule has 1 aliphatic rings. The summed E-state index contributed by atoms with van der Waals surface area (Å²) in [6.07, 6.45) is 0.280. The van der Waals surface area contributed by atoms with Gasteiger partial charge in [-0.2, -0.15) is 4.98 Å². The number of hydrogen-bond acceptors (Lipinski definition) is 8. The van der Waals surface area contributed by atoms with Crippen LogP contribution in [0.2, 0.25) is 5.02 Å². The molecule has 33 heavy (non-hydrogen) atoms. The smallest absolute Gasteiger partial charge is 0.242 e. The fourth-order valence-corrected chi connectivity index (χ4v) is 4.47. The maximum Gasteiger partial charge on any atom is 0.242 e. The van der Waals surface area contributed by atoms with E-state index in [1.165, 1.54) is 32.3 Å². The van der Waals surface area contributed by atoms with Gasteiger partial charge in [0.05, 0.1) is 22.2 Å². The highest BCUT2D eigenvalue weighted by Gasteiger charge is 2.21. The quantitative estimate of drug-likeness (QED) is 0.560. The third-order valence-electron chi connectivity index (χ3n) is 5.47. The van der Waals surface area contributed by atoms with Crippen LogP contribution in [-0.2, 0) is 21.4 Å². The first-order chi connectivity index (χ1) is 15.6. The average molecular weight is 499 g/mol. The van der Waals surface area contributed by atoms with Crippen LogP contribution in [0.25, 0.3) is 0 Å². The van der Waals surface area contributed by atoms with Gasteiger partial charge in [-0.3, -0.25) is 9.69 Å². The van der Waals surface area contributed by atoms with E-state index in [1.807, 2.05) is 13.8 Å². The molecule has 1 aromatic carbocycles. The van der Waals surface area contributed by atoms with Gasteiger partial charge in [-0.05, 0) is 18.2 Å². The highest BCUT2D eigenvalue weighted by atomic mass is 35.5. The van der Waals surface area contributed by atoms with Crippen LogP contribution in [0.4, 0.5) is 5.69 Å². The molecule has 0 bridgehead atoms. The lowest BCUT2D eigenvalue weighted by atomic mass is 10.2. The average Bonchev–Trinajstić information content (AvgIpc) is 3.23. The fraction of sp³-hybridized carbons (Fsp3) is 0.571. The van der Waals surface area contributed by atoms with E-state index in [4.69, 9.17) is 16.1 Å². The summed E-state index contributed by atoms with van der Waals surface area (Å²) in [5.41, 5.74) is 0.287. The molecule has 0 unspecified atom stereocenters. The van der Waals surface area contributed by atoms with E-state index < -0.39 is 10.0 Å². The first kappa shape index (κ1) is 25.6. The molecule has 3 rings (SSSR count). The molecule has 1 saturated heterocycles. The second-order valence-electron chi connectivity index (χ2n) is 8.55. The summed E-state index contributed by atoms with van der Waals surface area (Å²) in [5, 5.41) is 7.02. The van der Waals surface area contributed by atoms with Crippen molar-refractivity contribution in [3.05, 3.63) is 34.9 Å². The molecule has 10 nitrogen and oxygen atoms in total. The number of sulfonamides is 1. The number of nitrogens with zero attached hydrogens (tertiary/aromatic N) is 5. The highest BCUT2D eigenvalue weighted by Crippen LogP contribution is 2.26. The third-order valence-corrected chi connectivity index (χ3v) is 7.61. The molecule has 0 aliphatic carbocycles. The van der Waals surface area contributed by atoms with Gasteiger partial charge in [0.15, 0.2) is 5.82 Å². The van der Waals surface area contributed by atoms with Crippen LogP contribution in [0.3, 0.4) is 0 Å². The minimum absolute atomic E-state index is 0.0742. The van der Waals surface area contributed by atoms with Gasteiger partial charge in [0.2, 0.25) is 21.8 Å². The van der Waals surface area contributed by atoms with Crippen molar-refractivity contribution in [2.45, 2.75) is 37.6 Å². The second kappa shape index (κ2) is 10.9. The summed E-state index contributed by atoms with van der Waals surface area (Å²) in [6.45, 7) is 8.63. The molecule has 1 fully saturated rings. The molecule has 0 saturated carbocycles. The van der Waals surface area contributed by atoms with E-state index in [-0.39, 0.29) is 33.9 Å². The number of nitrogens with one attached hydrogen (secondary N) is 1. The lowest BCUT2D eigenvalue weighted by Crippen LogP contribution is -2.46. The van der Waals surface area contributed by atoms with Gasteiger partial charge in [0.25, 0.3) is 0 Å². The first-order valence-corrected chi connectivity index (χ1v) is 12.7. The number of rotatable bonds is 9. The van der Waals surface area contributed by atoms with E-state index in [0.29, 0.717) is 19.0 Å². The molecule has 1 aliphatic heterocycles. The number of carbonyl (C=O) groups is 1. The van der Waals surface area contributed by atoms with Crippen molar-refractivity contribution in [2.75, 3.05) is 52.1 Å². The maximum absolute atomic E-state index is 12.5. The van der Waals surface area contributed by atoms with Gasteiger partial charge in [0, 0.05) is 59.2 Å². The predicted octanol–water partition coefficient (Wildman–Crippen LogP) is 2.24. The van der Waals surface area contributed by atoms with Crippen molar-refractivity contribution in [3.8, 4) is 0 Å². The van der Waals surface area contributed by atoms with Crippen LogP contribution in [0.5, 0.6) is 0 Å². The minimum Gasteiger partial charge on any atom is -0.338 e. The molecule has 0 atom stereocenters. The number of carbonyl (C=O) groups excluding carboxylic acids is 1. The van der Waals surface area contributed by atoms with Crippen LogP contribution in [0.15, 0.2) is 27.6 Å². The lowest BCUT2D eigenvalue weighted by molar-refractivity contribution is -0.116. The number of amides is 1. The van der Waals surface area contributed by atoms with E-state index in [1.54, 1.807) is 0 Å². The SMILES string of the molecule is CC(C)c1noc(CN2CCN(CCC(=O)Nc3cc(S(=O)(=O)N(C)C)ccc3Cl)CC2)n1. The number of piperazine rings is 1. The van der Waals surface area contributed by atoms with E-state index >= 15 is 0 Å². The molecule has 1 amide bonds. The topological polar surface area (TPSA) is 112 Å². The Morgan fingerprint density at radius 1 is 1.21 bits per heavy atom. The van der Waals surface area contributed by atoms with Crippen molar-refractivity contribution in [3.63, 3.8) is 0 Å². The van der Waals surface area contributed by atoms with Gasteiger partial charge >= 0.3 is 0 Å². The van der Waals surface area contributed by atoms with Crippen molar-refractivity contribution < 1.29 is 17.7 Å². The molecular weight excluding hydrogens is 468 g/mol. The number of benzene rings is 1. The number of aromatic nitrogens is 2. The summed E-state index contributed by atoms with van der Waals surface area (Å²) in [5.74, 6) is 1.37. The predicted molar refractivity (Wildman–Crippen MR) is 126 cm³/mol. The van der Waals surface area contributed by atoms with Crippen molar-refractivity contribution in [1.29, 1.82) is 0 Å². The van der Waals surface area contributed by atoms with Crippen LogP contribution in [0, 0.1) is 0 Å². The Balaban J connectivity index is 1.46. The number of anilines is 1. The Labute approximate surface area is 199 Å². The maximum atomic E-state index is 12.5. The Morgan fingerprint density at radius 2 is 1.88 bits per heavy atom.